The van der Waals surface area contributed by atoms with E-state index in [0.717, 1.165) is 0 Å². The largest absolute Gasteiger partial charge is 0.496 e. The predicted octanol–water partition coefficient (Wildman–Crippen LogP) is 1.76. The van der Waals surface area contributed by atoms with Crippen molar-refractivity contribution >= 4 is 17.7 Å². The van der Waals surface area contributed by atoms with E-state index in [-0.39, 0.29) is 11.7 Å². The van der Waals surface area contributed by atoms with Gasteiger partial charge in [0, 0.05) is 6.07 Å². The Kier molecular flexibility index (Phi) is 5.69. The number of ether oxygens (including phenoxy) is 4. The predicted molar refractivity (Wildman–Crippen MR) is 84.2 cm³/mol. The van der Waals surface area contributed by atoms with Crippen molar-refractivity contribution in [1.82, 2.24) is 15.2 Å². The van der Waals surface area contributed by atoms with Gasteiger partial charge in [0.25, 0.3) is 0 Å². The smallest absolute Gasteiger partial charge is 0.316 e. The highest BCUT2D eigenvalue weighted by atomic mass is 32.2. The van der Waals surface area contributed by atoms with E-state index < -0.39 is 0 Å². The third-order valence-electron chi connectivity index (χ3n) is 2.97. The first kappa shape index (κ1) is 16.9. The number of nitrogens with one attached hydrogen (secondary N) is 1. The number of benzene rings is 1. The van der Waals surface area contributed by atoms with Crippen molar-refractivity contribution in [3.05, 3.63) is 12.1 Å². The van der Waals surface area contributed by atoms with Crippen LogP contribution in [-0.4, -0.2) is 55.3 Å². The summed E-state index contributed by atoms with van der Waals surface area (Å²) < 4.78 is 20.5. The number of aromatic nitrogens is 3. The van der Waals surface area contributed by atoms with Crippen molar-refractivity contribution in [1.29, 1.82) is 0 Å². The van der Waals surface area contributed by atoms with E-state index in [4.69, 9.17) is 14.2 Å². The van der Waals surface area contributed by atoms with Crippen LogP contribution in [0, 0.1) is 0 Å². The lowest BCUT2D eigenvalue weighted by molar-refractivity contribution is -0.137. The first-order valence-corrected chi connectivity index (χ1v) is 7.53. The summed E-state index contributed by atoms with van der Waals surface area (Å²) in [6, 6.07) is 3.45. The molecule has 1 heterocycles. The molecule has 0 radical (unpaired) electrons. The van der Waals surface area contributed by atoms with E-state index in [1.165, 1.54) is 18.9 Å². The number of carbonyl (C=O) groups is 1. The standard InChI is InChI=1S/C14H17N3O5S/c1-19-9-6-11(21-3)10(20-2)5-8(9)13-15-14(17-16-13)23-7-12(18)22-4/h5-6H,7H2,1-4H3,(H,15,16,17). The number of hydrogen-bond acceptors (Lipinski definition) is 8. The first-order valence-electron chi connectivity index (χ1n) is 6.55. The number of aromatic amines is 1. The number of carbonyl (C=O) groups excluding carboxylic acids is 1. The van der Waals surface area contributed by atoms with E-state index >= 15 is 0 Å². The van der Waals surface area contributed by atoms with Crippen molar-refractivity contribution < 1.29 is 23.7 Å². The summed E-state index contributed by atoms with van der Waals surface area (Å²) in [6.45, 7) is 0. The third kappa shape index (κ3) is 3.86. The van der Waals surface area contributed by atoms with Gasteiger partial charge in [0.15, 0.2) is 17.3 Å². The number of thioether (sulfide) groups is 1. The second-order valence-corrected chi connectivity index (χ2v) is 5.18. The van der Waals surface area contributed by atoms with Crippen LogP contribution in [0.2, 0.25) is 0 Å². The van der Waals surface area contributed by atoms with Gasteiger partial charge in [-0.3, -0.25) is 9.89 Å². The molecule has 0 aliphatic carbocycles. The summed E-state index contributed by atoms with van der Waals surface area (Å²) >= 11 is 1.17. The summed E-state index contributed by atoms with van der Waals surface area (Å²) in [7, 11) is 5.98. The molecule has 1 aromatic carbocycles. The number of methoxy groups -OCH3 is 4. The topological polar surface area (TPSA) is 95.6 Å². The molecule has 2 rings (SSSR count). The molecule has 0 bridgehead atoms. The minimum atomic E-state index is -0.343. The zero-order chi connectivity index (χ0) is 16.8. The van der Waals surface area contributed by atoms with E-state index in [1.54, 1.807) is 33.5 Å². The molecule has 0 unspecified atom stereocenters. The average molecular weight is 339 g/mol. The number of H-pyrrole nitrogens is 1. The molecular weight excluding hydrogens is 322 g/mol. The fourth-order valence-corrected chi connectivity index (χ4v) is 2.46. The second-order valence-electron chi connectivity index (χ2n) is 4.24. The monoisotopic (exact) mass is 339 g/mol. The third-order valence-corrected chi connectivity index (χ3v) is 3.79. The highest BCUT2D eigenvalue weighted by Crippen LogP contribution is 2.39. The molecule has 9 heteroatoms. The van der Waals surface area contributed by atoms with Crippen LogP contribution < -0.4 is 14.2 Å². The number of nitrogens with zero attached hydrogens (tertiary/aromatic N) is 2. The van der Waals surface area contributed by atoms with Gasteiger partial charge >= 0.3 is 5.97 Å². The first-order chi connectivity index (χ1) is 11.1. The van der Waals surface area contributed by atoms with Gasteiger partial charge in [-0.05, 0) is 6.07 Å². The zero-order valence-electron chi connectivity index (χ0n) is 13.2. The Morgan fingerprint density at radius 2 is 1.74 bits per heavy atom. The van der Waals surface area contributed by atoms with Crippen molar-refractivity contribution in [3.8, 4) is 28.6 Å². The van der Waals surface area contributed by atoms with Crippen LogP contribution in [0.1, 0.15) is 0 Å². The Hall–Kier alpha value is -2.42. The molecule has 2 aromatic rings. The van der Waals surface area contributed by atoms with Gasteiger partial charge in [-0.1, -0.05) is 11.8 Å². The molecule has 23 heavy (non-hydrogen) atoms. The van der Waals surface area contributed by atoms with E-state index in [2.05, 4.69) is 19.9 Å². The van der Waals surface area contributed by atoms with Gasteiger partial charge in [0.05, 0.1) is 39.8 Å². The minimum absolute atomic E-state index is 0.136. The summed E-state index contributed by atoms with van der Waals surface area (Å²) in [5.41, 5.74) is 0.669. The average Bonchev–Trinajstić information content (AvgIpc) is 3.06. The Bertz CT molecular complexity index is 689. The van der Waals surface area contributed by atoms with Crippen LogP contribution in [0.15, 0.2) is 17.3 Å². The normalized spacial score (nSPS) is 10.3. The maximum atomic E-state index is 11.2. The van der Waals surface area contributed by atoms with Crippen molar-refractivity contribution in [2.75, 3.05) is 34.2 Å². The Labute approximate surface area is 137 Å². The summed E-state index contributed by atoms with van der Waals surface area (Å²) in [6.07, 6.45) is 0. The van der Waals surface area contributed by atoms with Crippen molar-refractivity contribution in [2.45, 2.75) is 5.16 Å². The summed E-state index contributed by atoms with van der Waals surface area (Å²) in [5, 5.41) is 7.31. The molecule has 0 spiro atoms. The molecule has 8 nitrogen and oxygen atoms in total. The van der Waals surface area contributed by atoms with E-state index in [1.807, 2.05) is 0 Å². The van der Waals surface area contributed by atoms with E-state index in [0.29, 0.717) is 33.8 Å². The molecule has 0 aliphatic rings. The molecule has 1 aromatic heterocycles. The van der Waals surface area contributed by atoms with Crippen molar-refractivity contribution in [2.24, 2.45) is 0 Å². The lowest BCUT2D eigenvalue weighted by Gasteiger charge is -2.12. The SMILES string of the molecule is COC(=O)CSc1n[nH]c(-c2cc(OC)c(OC)cc2OC)n1. The van der Waals surface area contributed by atoms with Gasteiger partial charge in [0.1, 0.15) is 5.75 Å². The highest BCUT2D eigenvalue weighted by molar-refractivity contribution is 7.99. The van der Waals surface area contributed by atoms with Gasteiger partial charge < -0.3 is 18.9 Å². The number of rotatable bonds is 7. The minimum Gasteiger partial charge on any atom is -0.496 e. The van der Waals surface area contributed by atoms with Gasteiger partial charge in [-0.2, -0.15) is 0 Å². The molecule has 0 amide bonds. The summed E-state index contributed by atoms with van der Waals surface area (Å²) in [5.74, 6) is 1.94. The molecule has 0 aliphatic heterocycles. The Morgan fingerprint density at radius 3 is 2.35 bits per heavy atom. The molecule has 0 fully saturated rings. The van der Waals surface area contributed by atoms with Crippen LogP contribution >= 0.6 is 11.8 Å². The number of hydrogen-bond donors (Lipinski definition) is 1. The summed E-state index contributed by atoms with van der Waals surface area (Å²) in [4.78, 5) is 15.5. The van der Waals surface area contributed by atoms with Crippen LogP contribution in [0.5, 0.6) is 17.2 Å². The quantitative estimate of drug-likeness (QED) is 0.602. The maximum absolute atomic E-state index is 11.2. The fourth-order valence-electron chi connectivity index (χ4n) is 1.83. The van der Waals surface area contributed by atoms with Crippen LogP contribution in [0.3, 0.4) is 0 Å². The molecular formula is C14H17N3O5S. The zero-order valence-corrected chi connectivity index (χ0v) is 14.0. The maximum Gasteiger partial charge on any atom is 0.316 e. The van der Waals surface area contributed by atoms with Gasteiger partial charge in [-0.25, -0.2) is 4.98 Å². The fraction of sp³-hybridized carbons (Fsp3) is 0.357. The lowest BCUT2D eigenvalue weighted by Crippen LogP contribution is -2.03. The molecule has 124 valence electrons. The highest BCUT2D eigenvalue weighted by Gasteiger charge is 2.17. The van der Waals surface area contributed by atoms with E-state index in [9.17, 15) is 4.79 Å². The Morgan fingerprint density at radius 1 is 1.09 bits per heavy atom. The Balaban J connectivity index is 2.30. The lowest BCUT2D eigenvalue weighted by atomic mass is 10.1. The van der Waals surface area contributed by atoms with Crippen LogP contribution in [0.25, 0.3) is 11.4 Å². The van der Waals surface area contributed by atoms with Gasteiger partial charge in [-0.15, -0.1) is 5.10 Å². The molecule has 1 N–H and O–H groups in total. The van der Waals surface area contributed by atoms with Crippen molar-refractivity contribution in [3.63, 3.8) is 0 Å². The van der Waals surface area contributed by atoms with Crippen LogP contribution in [0.4, 0.5) is 0 Å². The molecule has 0 atom stereocenters. The molecule has 0 saturated carbocycles. The van der Waals surface area contributed by atoms with Gasteiger partial charge in [0.2, 0.25) is 5.16 Å². The second kappa shape index (κ2) is 7.73. The van der Waals surface area contributed by atoms with Crippen LogP contribution in [-0.2, 0) is 9.53 Å². The molecule has 0 saturated heterocycles. The number of esters is 1.